The summed E-state index contributed by atoms with van der Waals surface area (Å²) in [6.07, 6.45) is 4.12. The Kier molecular flexibility index (Phi) is 7.43. The van der Waals surface area contributed by atoms with Crippen LogP contribution in [0.4, 0.5) is 0 Å². The Bertz CT molecular complexity index is 642. The second-order valence-corrected chi connectivity index (χ2v) is 7.46. The highest BCUT2D eigenvalue weighted by atomic mass is 16.2. The van der Waals surface area contributed by atoms with Crippen LogP contribution in [0.15, 0.2) is 60.7 Å². The molecule has 1 amide bonds. The van der Waals surface area contributed by atoms with Gasteiger partial charge in [0.1, 0.15) is 0 Å². The number of hydrogen-bond donors (Lipinski definition) is 1. The zero-order chi connectivity index (χ0) is 18.9. The molecule has 1 fully saturated rings. The molecule has 0 radical (unpaired) electrons. The van der Waals surface area contributed by atoms with Gasteiger partial charge in [-0.3, -0.25) is 9.69 Å². The van der Waals surface area contributed by atoms with Crippen LogP contribution in [-0.2, 0) is 17.9 Å². The van der Waals surface area contributed by atoms with Crippen molar-refractivity contribution in [2.24, 2.45) is 5.73 Å². The molecule has 2 aromatic carbocycles. The van der Waals surface area contributed by atoms with Crippen LogP contribution in [0.3, 0.4) is 0 Å². The molecule has 0 saturated carbocycles. The van der Waals surface area contributed by atoms with Gasteiger partial charge in [-0.15, -0.1) is 0 Å². The van der Waals surface area contributed by atoms with E-state index in [2.05, 4.69) is 53.4 Å². The number of amides is 1. The molecule has 0 aliphatic carbocycles. The van der Waals surface area contributed by atoms with E-state index in [1.54, 1.807) is 0 Å². The molecule has 1 aliphatic heterocycles. The van der Waals surface area contributed by atoms with Crippen molar-refractivity contribution in [3.05, 3.63) is 71.8 Å². The molecule has 0 unspecified atom stereocenters. The predicted molar refractivity (Wildman–Crippen MR) is 110 cm³/mol. The normalized spacial score (nSPS) is 15.7. The average molecular weight is 366 g/mol. The van der Waals surface area contributed by atoms with Crippen molar-refractivity contribution >= 4 is 5.91 Å². The highest BCUT2D eigenvalue weighted by molar-refractivity contribution is 5.81. The average Bonchev–Trinajstić information content (AvgIpc) is 2.73. The summed E-state index contributed by atoms with van der Waals surface area (Å²) in [6, 6.07) is 20.6. The van der Waals surface area contributed by atoms with E-state index in [-0.39, 0.29) is 5.91 Å². The molecule has 0 spiro atoms. The van der Waals surface area contributed by atoms with Crippen LogP contribution >= 0.6 is 0 Å². The van der Waals surface area contributed by atoms with Crippen molar-refractivity contribution in [2.75, 3.05) is 19.6 Å². The first kappa shape index (κ1) is 19.6. The molecular weight excluding hydrogens is 334 g/mol. The SMILES string of the molecule is N[C@@H](CCN(Cc1ccccc1)Cc1ccccc1)C(=O)N1CCCCC1. The maximum absolute atomic E-state index is 12.6. The summed E-state index contributed by atoms with van der Waals surface area (Å²) in [6.45, 7) is 4.26. The van der Waals surface area contributed by atoms with E-state index < -0.39 is 6.04 Å². The van der Waals surface area contributed by atoms with Gasteiger partial charge in [-0.25, -0.2) is 0 Å². The first-order valence-electron chi connectivity index (χ1n) is 10.1. The zero-order valence-corrected chi connectivity index (χ0v) is 16.1. The molecular formula is C23H31N3O. The summed E-state index contributed by atoms with van der Waals surface area (Å²) < 4.78 is 0. The lowest BCUT2D eigenvalue weighted by atomic mass is 10.1. The first-order chi connectivity index (χ1) is 13.2. The standard InChI is InChI=1S/C23H31N3O/c24-22(23(27)26-15-8-3-9-16-26)14-17-25(18-20-10-4-1-5-11-20)19-21-12-6-2-7-13-21/h1-2,4-7,10-13,22H,3,8-9,14-19,24H2/t22-/m0/s1. The van der Waals surface area contributed by atoms with Crippen molar-refractivity contribution in [3.8, 4) is 0 Å². The lowest BCUT2D eigenvalue weighted by Gasteiger charge is -2.30. The number of piperidine rings is 1. The largest absolute Gasteiger partial charge is 0.341 e. The van der Waals surface area contributed by atoms with Gasteiger partial charge in [-0.1, -0.05) is 60.7 Å². The Morgan fingerprint density at radius 3 is 1.93 bits per heavy atom. The van der Waals surface area contributed by atoms with Crippen LogP contribution < -0.4 is 5.73 Å². The van der Waals surface area contributed by atoms with Gasteiger partial charge in [0.2, 0.25) is 5.91 Å². The lowest BCUT2D eigenvalue weighted by molar-refractivity contribution is -0.133. The van der Waals surface area contributed by atoms with Gasteiger partial charge in [-0.05, 0) is 36.8 Å². The van der Waals surface area contributed by atoms with E-state index in [0.717, 1.165) is 45.6 Å². The van der Waals surface area contributed by atoms with Crippen LogP contribution in [0.1, 0.15) is 36.8 Å². The monoisotopic (exact) mass is 365 g/mol. The van der Waals surface area contributed by atoms with Gasteiger partial charge in [0, 0.05) is 32.7 Å². The summed E-state index contributed by atoms with van der Waals surface area (Å²) in [5.74, 6) is 0.120. The second-order valence-electron chi connectivity index (χ2n) is 7.46. The number of hydrogen-bond acceptors (Lipinski definition) is 3. The fourth-order valence-corrected chi connectivity index (χ4v) is 3.69. The molecule has 0 bridgehead atoms. The van der Waals surface area contributed by atoms with Gasteiger partial charge in [0.15, 0.2) is 0 Å². The number of carbonyl (C=O) groups is 1. The molecule has 144 valence electrons. The van der Waals surface area contributed by atoms with Crippen LogP contribution in [-0.4, -0.2) is 41.4 Å². The molecule has 1 atom stereocenters. The Morgan fingerprint density at radius 1 is 0.889 bits per heavy atom. The maximum atomic E-state index is 12.6. The Morgan fingerprint density at radius 2 is 1.41 bits per heavy atom. The third kappa shape index (κ3) is 6.19. The molecule has 27 heavy (non-hydrogen) atoms. The van der Waals surface area contributed by atoms with Gasteiger partial charge < -0.3 is 10.6 Å². The lowest BCUT2D eigenvalue weighted by Crippen LogP contribution is -2.47. The van der Waals surface area contributed by atoms with Crippen molar-refractivity contribution in [3.63, 3.8) is 0 Å². The molecule has 1 aliphatic rings. The smallest absolute Gasteiger partial charge is 0.239 e. The molecule has 4 nitrogen and oxygen atoms in total. The van der Waals surface area contributed by atoms with Gasteiger partial charge >= 0.3 is 0 Å². The Balaban J connectivity index is 1.59. The second kappa shape index (κ2) is 10.2. The van der Waals surface area contributed by atoms with Crippen molar-refractivity contribution in [2.45, 2.75) is 44.8 Å². The molecule has 2 N–H and O–H groups in total. The van der Waals surface area contributed by atoms with E-state index in [1.165, 1.54) is 17.5 Å². The van der Waals surface area contributed by atoms with Crippen molar-refractivity contribution in [1.29, 1.82) is 0 Å². The highest BCUT2D eigenvalue weighted by Gasteiger charge is 2.23. The Hall–Kier alpha value is -2.17. The number of likely N-dealkylation sites (tertiary alicyclic amines) is 1. The minimum atomic E-state index is -0.405. The molecule has 2 aromatic rings. The first-order valence-corrected chi connectivity index (χ1v) is 10.1. The third-order valence-corrected chi connectivity index (χ3v) is 5.24. The topological polar surface area (TPSA) is 49.6 Å². The number of carbonyl (C=O) groups excluding carboxylic acids is 1. The van der Waals surface area contributed by atoms with Gasteiger partial charge in [0.05, 0.1) is 6.04 Å². The van der Waals surface area contributed by atoms with E-state index >= 15 is 0 Å². The van der Waals surface area contributed by atoms with Crippen LogP contribution in [0.25, 0.3) is 0 Å². The van der Waals surface area contributed by atoms with Crippen molar-refractivity contribution < 1.29 is 4.79 Å². The number of benzene rings is 2. The molecule has 1 saturated heterocycles. The molecule has 4 heteroatoms. The summed E-state index contributed by atoms with van der Waals surface area (Å²) >= 11 is 0. The number of rotatable bonds is 8. The zero-order valence-electron chi connectivity index (χ0n) is 16.1. The summed E-state index contributed by atoms with van der Waals surface area (Å²) in [7, 11) is 0. The minimum Gasteiger partial charge on any atom is -0.341 e. The maximum Gasteiger partial charge on any atom is 0.239 e. The fraction of sp³-hybridized carbons (Fsp3) is 0.435. The minimum absolute atomic E-state index is 0.120. The molecule has 3 rings (SSSR count). The summed E-state index contributed by atoms with van der Waals surface area (Å²) in [5, 5.41) is 0. The van der Waals surface area contributed by atoms with Gasteiger partial charge in [0.25, 0.3) is 0 Å². The number of nitrogens with zero attached hydrogens (tertiary/aromatic N) is 2. The van der Waals surface area contributed by atoms with Crippen LogP contribution in [0.2, 0.25) is 0 Å². The predicted octanol–water partition coefficient (Wildman–Crippen LogP) is 3.42. The van der Waals surface area contributed by atoms with E-state index in [9.17, 15) is 4.79 Å². The Labute approximate surface area is 163 Å². The molecule has 0 aromatic heterocycles. The number of nitrogens with two attached hydrogens (primary N) is 1. The summed E-state index contributed by atoms with van der Waals surface area (Å²) in [5.41, 5.74) is 8.83. The van der Waals surface area contributed by atoms with Crippen LogP contribution in [0, 0.1) is 0 Å². The highest BCUT2D eigenvalue weighted by Crippen LogP contribution is 2.13. The van der Waals surface area contributed by atoms with Crippen LogP contribution in [0.5, 0.6) is 0 Å². The van der Waals surface area contributed by atoms with E-state index in [4.69, 9.17) is 5.73 Å². The van der Waals surface area contributed by atoms with Gasteiger partial charge in [-0.2, -0.15) is 0 Å². The van der Waals surface area contributed by atoms with Crippen molar-refractivity contribution in [1.82, 2.24) is 9.80 Å². The molecule has 1 heterocycles. The fourth-order valence-electron chi connectivity index (χ4n) is 3.69. The third-order valence-electron chi connectivity index (χ3n) is 5.24. The summed E-state index contributed by atoms with van der Waals surface area (Å²) in [4.78, 5) is 16.9. The quantitative estimate of drug-likeness (QED) is 0.780. The van der Waals surface area contributed by atoms with E-state index in [0.29, 0.717) is 6.42 Å². The van der Waals surface area contributed by atoms with E-state index in [1.807, 2.05) is 17.0 Å².